The largest absolute Gasteiger partial charge is 0.453 e. The van der Waals surface area contributed by atoms with Crippen molar-refractivity contribution >= 4 is 23.2 Å². The molecule has 26 heavy (non-hydrogen) atoms. The number of hydrogen-bond donors (Lipinski definition) is 2. The molecule has 1 aliphatic heterocycles. The van der Waals surface area contributed by atoms with Crippen molar-refractivity contribution in [3.05, 3.63) is 30.1 Å². The van der Waals surface area contributed by atoms with Crippen LogP contribution >= 0.6 is 0 Å². The summed E-state index contributed by atoms with van der Waals surface area (Å²) in [6.45, 7) is 4.35. The number of para-hydroxylation sites is 2. The molecule has 2 N–H and O–H groups in total. The molecule has 3 rings (SSSR count). The Morgan fingerprint density at radius 1 is 1.27 bits per heavy atom. The Morgan fingerprint density at radius 3 is 2.73 bits per heavy atom. The van der Waals surface area contributed by atoms with E-state index in [1.807, 2.05) is 31.2 Å². The quantitative estimate of drug-likeness (QED) is 0.872. The number of fused-ring (bicyclic) bond motifs is 1. The molecule has 140 valence electrons. The molecule has 2 aromatic rings. The van der Waals surface area contributed by atoms with Gasteiger partial charge in [0.25, 0.3) is 0 Å². The fourth-order valence-electron chi connectivity index (χ4n) is 3.33. The maximum atomic E-state index is 12.1. The topological polar surface area (TPSA) is 88.5 Å². The Balaban J connectivity index is 1.43. The minimum atomic E-state index is -0.309. The zero-order valence-corrected chi connectivity index (χ0v) is 15.2. The van der Waals surface area contributed by atoms with E-state index in [1.165, 1.54) is 7.11 Å². The van der Waals surface area contributed by atoms with Gasteiger partial charge in [0, 0.05) is 32.2 Å². The van der Waals surface area contributed by atoms with E-state index >= 15 is 0 Å². The van der Waals surface area contributed by atoms with E-state index in [0.29, 0.717) is 26.2 Å². The summed E-state index contributed by atoms with van der Waals surface area (Å²) in [5, 5.41) is 5.88. The fraction of sp³-hybridized carbons (Fsp3) is 0.500. The summed E-state index contributed by atoms with van der Waals surface area (Å²) < 4.78 is 6.82. The first kappa shape index (κ1) is 18.0. The number of likely N-dealkylation sites (tertiary alicyclic amines) is 1. The van der Waals surface area contributed by atoms with Crippen LogP contribution in [0.2, 0.25) is 0 Å². The van der Waals surface area contributed by atoms with Gasteiger partial charge in [-0.1, -0.05) is 12.1 Å². The standard InChI is InChI=1S/C18H25N5O3/c1-13-20-15-5-3-4-6-16(15)23(13)12-9-19-17(24)21-14-7-10-22(11-8-14)18(25)26-2/h3-6,14H,7-12H2,1-2H3,(H2,19,21,24). The van der Waals surface area contributed by atoms with Crippen molar-refractivity contribution in [2.45, 2.75) is 32.4 Å². The van der Waals surface area contributed by atoms with E-state index in [4.69, 9.17) is 4.74 Å². The van der Waals surface area contributed by atoms with E-state index < -0.39 is 0 Å². The highest BCUT2D eigenvalue weighted by Gasteiger charge is 2.24. The lowest BCUT2D eigenvalue weighted by Gasteiger charge is -2.31. The Morgan fingerprint density at radius 2 is 2.00 bits per heavy atom. The van der Waals surface area contributed by atoms with Crippen LogP contribution in [0.3, 0.4) is 0 Å². The Kier molecular flexibility index (Phi) is 5.60. The summed E-state index contributed by atoms with van der Waals surface area (Å²) in [5.74, 6) is 0.934. The first-order valence-corrected chi connectivity index (χ1v) is 8.87. The van der Waals surface area contributed by atoms with Crippen molar-refractivity contribution in [3.8, 4) is 0 Å². The zero-order valence-electron chi connectivity index (χ0n) is 15.2. The minimum Gasteiger partial charge on any atom is -0.453 e. The van der Waals surface area contributed by atoms with E-state index in [0.717, 1.165) is 29.7 Å². The lowest BCUT2D eigenvalue weighted by Crippen LogP contribution is -2.49. The number of nitrogens with one attached hydrogen (secondary N) is 2. The second kappa shape index (κ2) is 8.07. The molecule has 1 saturated heterocycles. The summed E-state index contributed by atoms with van der Waals surface area (Å²) in [4.78, 5) is 29.8. The number of carbonyl (C=O) groups is 2. The van der Waals surface area contributed by atoms with Crippen molar-refractivity contribution in [1.29, 1.82) is 0 Å². The number of aromatic nitrogens is 2. The molecule has 0 bridgehead atoms. The lowest BCUT2D eigenvalue weighted by atomic mass is 10.1. The number of urea groups is 1. The number of ether oxygens (including phenoxy) is 1. The molecule has 8 heteroatoms. The maximum absolute atomic E-state index is 12.1. The predicted molar refractivity (Wildman–Crippen MR) is 98.0 cm³/mol. The SMILES string of the molecule is COC(=O)N1CCC(NC(=O)NCCn2c(C)nc3ccccc32)CC1. The number of methoxy groups -OCH3 is 1. The van der Waals surface area contributed by atoms with Crippen LogP contribution in [-0.2, 0) is 11.3 Å². The molecule has 8 nitrogen and oxygen atoms in total. The van der Waals surface area contributed by atoms with Gasteiger partial charge in [0.15, 0.2) is 0 Å². The van der Waals surface area contributed by atoms with Crippen LogP contribution in [0.4, 0.5) is 9.59 Å². The van der Waals surface area contributed by atoms with Crippen LogP contribution in [0.5, 0.6) is 0 Å². The van der Waals surface area contributed by atoms with Gasteiger partial charge in [-0.15, -0.1) is 0 Å². The fourth-order valence-corrected chi connectivity index (χ4v) is 3.33. The second-order valence-corrected chi connectivity index (χ2v) is 6.43. The van der Waals surface area contributed by atoms with E-state index in [2.05, 4.69) is 20.2 Å². The lowest BCUT2D eigenvalue weighted by molar-refractivity contribution is 0.110. The third-order valence-corrected chi connectivity index (χ3v) is 4.73. The molecule has 0 radical (unpaired) electrons. The number of rotatable bonds is 4. The normalized spacial score (nSPS) is 15.1. The molecule has 1 aromatic carbocycles. The van der Waals surface area contributed by atoms with Crippen LogP contribution in [0.1, 0.15) is 18.7 Å². The van der Waals surface area contributed by atoms with Crippen molar-refractivity contribution in [1.82, 2.24) is 25.1 Å². The van der Waals surface area contributed by atoms with Gasteiger partial charge in [0.05, 0.1) is 18.1 Å². The molecule has 0 unspecified atom stereocenters. The summed E-state index contributed by atoms with van der Waals surface area (Å²) in [6, 6.07) is 7.87. The number of piperidine rings is 1. The summed E-state index contributed by atoms with van der Waals surface area (Å²) in [7, 11) is 1.38. The van der Waals surface area contributed by atoms with E-state index in [-0.39, 0.29) is 18.2 Å². The van der Waals surface area contributed by atoms with E-state index in [1.54, 1.807) is 4.90 Å². The van der Waals surface area contributed by atoms with Crippen LogP contribution in [0.15, 0.2) is 24.3 Å². The number of benzene rings is 1. The van der Waals surface area contributed by atoms with Gasteiger partial charge in [-0.2, -0.15) is 0 Å². The highest BCUT2D eigenvalue weighted by atomic mass is 16.5. The third-order valence-electron chi connectivity index (χ3n) is 4.73. The predicted octanol–water partition coefficient (Wildman–Crippen LogP) is 1.87. The Hall–Kier alpha value is -2.77. The highest BCUT2D eigenvalue weighted by molar-refractivity contribution is 5.76. The van der Waals surface area contributed by atoms with Crippen molar-refractivity contribution in [2.24, 2.45) is 0 Å². The summed E-state index contributed by atoms with van der Waals surface area (Å²) in [6.07, 6.45) is 1.15. The van der Waals surface area contributed by atoms with Gasteiger partial charge in [-0.05, 0) is 31.9 Å². The van der Waals surface area contributed by atoms with E-state index in [9.17, 15) is 9.59 Å². The number of nitrogens with zero attached hydrogens (tertiary/aromatic N) is 3. The van der Waals surface area contributed by atoms with Crippen molar-refractivity contribution < 1.29 is 14.3 Å². The zero-order chi connectivity index (χ0) is 18.5. The second-order valence-electron chi connectivity index (χ2n) is 6.43. The molecule has 2 heterocycles. The molecule has 0 spiro atoms. The third kappa shape index (κ3) is 4.07. The first-order chi connectivity index (χ1) is 12.6. The Labute approximate surface area is 152 Å². The number of carbonyl (C=O) groups excluding carboxylic acids is 2. The summed E-state index contributed by atoms with van der Waals surface area (Å²) >= 11 is 0. The smallest absolute Gasteiger partial charge is 0.409 e. The van der Waals surface area contributed by atoms with Crippen molar-refractivity contribution in [3.63, 3.8) is 0 Å². The van der Waals surface area contributed by atoms with Crippen molar-refractivity contribution in [2.75, 3.05) is 26.7 Å². The maximum Gasteiger partial charge on any atom is 0.409 e. The van der Waals surface area contributed by atoms with Gasteiger partial charge in [-0.25, -0.2) is 14.6 Å². The van der Waals surface area contributed by atoms with Crippen LogP contribution in [-0.4, -0.2) is 59.4 Å². The monoisotopic (exact) mass is 359 g/mol. The molecule has 3 amide bonds. The number of aryl methyl sites for hydroxylation is 1. The average molecular weight is 359 g/mol. The number of hydrogen-bond acceptors (Lipinski definition) is 4. The molecular formula is C18H25N5O3. The van der Waals surface area contributed by atoms with Gasteiger partial charge >= 0.3 is 12.1 Å². The molecular weight excluding hydrogens is 334 g/mol. The molecule has 0 atom stereocenters. The molecule has 1 aromatic heterocycles. The highest BCUT2D eigenvalue weighted by Crippen LogP contribution is 2.15. The number of imidazole rings is 1. The van der Waals surface area contributed by atoms with Gasteiger partial charge < -0.3 is 24.8 Å². The molecule has 1 aliphatic rings. The van der Waals surface area contributed by atoms with Crippen LogP contribution in [0, 0.1) is 6.92 Å². The Bertz CT molecular complexity index is 780. The number of amides is 3. The average Bonchev–Trinajstić information content (AvgIpc) is 2.97. The molecule has 1 fully saturated rings. The van der Waals surface area contributed by atoms with Gasteiger partial charge in [-0.3, -0.25) is 0 Å². The minimum absolute atomic E-state index is 0.0757. The van der Waals surface area contributed by atoms with Gasteiger partial charge in [0.1, 0.15) is 5.82 Å². The summed E-state index contributed by atoms with van der Waals surface area (Å²) in [5.41, 5.74) is 2.04. The molecule has 0 saturated carbocycles. The van der Waals surface area contributed by atoms with Crippen LogP contribution in [0.25, 0.3) is 11.0 Å². The van der Waals surface area contributed by atoms with Gasteiger partial charge in [0.2, 0.25) is 0 Å². The first-order valence-electron chi connectivity index (χ1n) is 8.87. The van der Waals surface area contributed by atoms with Crippen LogP contribution < -0.4 is 10.6 Å². The molecule has 0 aliphatic carbocycles.